The van der Waals surface area contributed by atoms with Gasteiger partial charge in [0.05, 0.1) is 18.6 Å². The molecule has 2 heterocycles. The predicted molar refractivity (Wildman–Crippen MR) is 128 cm³/mol. The average Bonchev–Trinajstić information content (AvgIpc) is 3.00. The molecule has 0 unspecified atom stereocenters. The van der Waals surface area contributed by atoms with E-state index in [9.17, 15) is 13.2 Å². The van der Waals surface area contributed by atoms with E-state index >= 15 is 0 Å². The minimum atomic E-state index is -3.18. The van der Waals surface area contributed by atoms with Gasteiger partial charge < -0.3 is 14.5 Å². The Morgan fingerprint density at radius 2 is 1.59 bits per heavy atom. The zero-order chi connectivity index (χ0) is 22.6. The number of rotatable bonds is 5. The Hall–Kier alpha value is -3.00. The molecule has 32 heavy (non-hydrogen) atoms. The standard InChI is InChI=1S/C24H29N3O4S/c1-31-23-11-9-21(10-12-23)25-14-2-15-26(18-17-25)24(28)13-6-20-4-7-22(8-5-20)27-16-3-19-32(27,29)30/h4-13H,2-3,14-19H2,1H3/b13-6+. The van der Waals surface area contributed by atoms with Crippen molar-refractivity contribution in [2.75, 3.05) is 54.8 Å². The van der Waals surface area contributed by atoms with Crippen LogP contribution in [0.2, 0.25) is 0 Å². The highest BCUT2D eigenvalue weighted by Gasteiger charge is 2.28. The molecule has 0 atom stereocenters. The topological polar surface area (TPSA) is 70.2 Å². The van der Waals surface area contributed by atoms with Crippen LogP contribution in [0.3, 0.4) is 0 Å². The Labute approximate surface area is 189 Å². The van der Waals surface area contributed by atoms with Gasteiger partial charge in [-0.1, -0.05) is 12.1 Å². The molecule has 170 valence electrons. The number of ether oxygens (including phenoxy) is 1. The number of methoxy groups -OCH3 is 1. The van der Waals surface area contributed by atoms with Crippen LogP contribution in [0.5, 0.6) is 5.75 Å². The molecule has 0 aliphatic carbocycles. The van der Waals surface area contributed by atoms with Crippen molar-refractivity contribution in [1.29, 1.82) is 0 Å². The van der Waals surface area contributed by atoms with Crippen molar-refractivity contribution >= 4 is 33.4 Å². The molecule has 2 aromatic rings. The van der Waals surface area contributed by atoms with Gasteiger partial charge in [0.25, 0.3) is 0 Å². The molecule has 2 aliphatic heterocycles. The molecule has 8 heteroatoms. The lowest BCUT2D eigenvalue weighted by atomic mass is 10.2. The summed E-state index contributed by atoms with van der Waals surface area (Å²) in [4.78, 5) is 16.9. The fraction of sp³-hybridized carbons (Fsp3) is 0.375. The van der Waals surface area contributed by atoms with Crippen molar-refractivity contribution in [2.45, 2.75) is 12.8 Å². The number of sulfonamides is 1. The zero-order valence-corrected chi connectivity index (χ0v) is 19.1. The van der Waals surface area contributed by atoms with E-state index in [2.05, 4.69) is 4.90 Å². The summed E-state index contributed by atoms with van der Waals surface area (Å²) in [6, 6.07) is 15.3. The monoisotopic (exact) mass is 455 g/mol. The number of hydrogen-bond donors (Lipinski definition) is 0. The maximum absolute atomic E-state index is 12.7. The van der Waals surface area contributed by atoms with Crippen LogP contribution in [0, 0.1) is 0 Å². The SMILES string of the molecule is COc1ccc(N2CCCN(C(=O)/C=C/c3ccc(N4CCCS4(=O)=O)cc3)CC2)cc1. The van der Waals surface area contributed by atoms with E-state index in [0.717, 1.165) is 43.1 Å². The summed E-state index contributed by atoms with van der Waals surface area (Å²) < 4.78 is 30.8. The molecule has 2 fully saturated rings. The molecule has 2 aromatic carbocycles. The van der Waals surface area contributed by atoms with Gasteiger partial charge in [-0.15, -0.1) is 0 Å². The van der Waals surface area contributed by atoms with Gasteiger partial charge in [-0.05, 0) is 60.9 Å². The van der Waals surface area contributed by atoms with Crippen LogP contribution in [0.25, 0.3) is 6.08 Å². The van der Waals surface area contributed by atoms with Crippen molar-refractivity contribution in [3.05, 3.63) is 60.2 Å². The molecule has 7 nitrogen and oxygen atoms in total. The summed E-state index contributed by atoms with van der Waals surface area (Å²) >= 11 is 0. The fourth-order valence-corrected chi connectivity index (χ4v) is 5.71. The third kappa shape index (κ3) is 5.07. The van der Waals surface area contributed by atoms with Crippen LogP contribution in [-0.2, 0) is 14.8 Å². The van der Waals surface area contributed by atoms with Crippen LogP contribution in [-0.4, -0.2) is 64.8 Å². The Kier molecular flexibility index (Phi) is 6.69. The lowest BCUT2D eigenvalue weighted by molar-refractivity contribution is -0.125. The van der Waals surface area contributed by atoms with Crippen molar-refractivity contribution in [3.8, 4) is 5.75 Å². The Balaban J connectivity index is 1.34. The summed E-state index contributed by atoms with van der Waals surface area (Å²) in [6.07, 6.45) is 4.95. The fourth-order valence-electron chi connectivity index (χ4n) is 4.14. The first kappa shape index (κ1) is 22.2. The van der Waals surface area contributed by atoms with Crippen molar-refractivity contribution in [1.82, 2.24) is 4.90 Å². The first-order valence-corrected chi connectivity index (χ1v) is 12.5. The van der Waals surface area contributed by atoms with Gasteiger partial charge in [0.1, 0.15) is 5.75 Å². The largest absolute Gasteiger partial charge is 0.497 e. The highest BCUT2D eigenvalue weighted by Crippen LogP contribution is 2.24. The van der Waals surface area contributed by atoms with E-state index in [1.54, 1.807) is 31.4 Å². The van der Waals surface area contributed by atoms with Crippen LogP contribution in [0.1, 0.15) is 18.4 Å². The maximum atomic E-state index is 12.7. The molecule has 4 rings (SSSR count). The second-order valence-electron chi connectivity index (χ2n) is 8.03. The third-order valence-corrected chi connectivity index (χ3v) is 7.81. The summed E-state index contributed by atoms with van der Waals surface area (Å²) in [6.45, 7) is 3.60. The number of amides is 1. The van der Waals surface area contributed by atoms with Crippen LogP contribution < -0.4 is 13.9 Å². The number of carbonyl (C=O) groups excluding carboxylic acids is 1. The molecule has 0 saturated carbocycles. The molecule has 0 N–H and O–H groups in total. The summed E-state index contributed by atoms with van der Waals surface area (Å²) in [5.74, 6) is 1.03. The van der Waals surface area contributed by atoms with Gasteiger partial charge in [-0.25, -0.2) is 8.42 Å². The Morgan fingerprint density at radius 3 is 2.25 bits per heavy atom. The van der Waals surface area contributed by atoms with Gasteiger partial charge in [-0.3, -0.25) is 9.10 Å². The van der Waals surface area contributed by atoms with Gasteiger partial charge >= 0.3 is 0 Å². The first-order valence-electron chi connectivity index (χ1n) is 10.9. The smallest absolute Gasteiger partial charge is 0.246 e. The lowest BCUT2D eigenvalue weighted by Crippen LogP contribution is -2.34. The number of carbonyl (C=O) groups is 1. The van der Waals surface area contributed by atoms with Crippen LogP contribution >= 0.6 is 0 Å². The summed E-state index contributed by atoms with van der Waals surface area (Å²) in [7, 11) is -1.52. The normalized spacial score (nSPS) is 18.7. The molecule has 0 radical (unpaired) electrons. The minimum Gasteiger partial charge on any atom is -0.497 e. The van der Waals surface area contributed by atoms with E-state index in [1.165, 1.54) is 4.31 Å². The average molecular weight is 456 g/mol. The van der Waals surface area contributed by atoms with Crippen LogP contribution in [0.15, 0.2) is 54.6 Å². The zero-order valence-electron chi connectivity index (χ0n) is 18.3. The second kappa shape index (κ2) is 9.65. The molecule has 2 aliphatic rings. The Bertz CT molecular complexity index is 1070. The number of benzene rings is 2. The molecule has 0 aromatic heterocycles. The van der Waals surface area contributed by atoms with Gasteiger partial charge in [0, 0.05) is 44.5 Å². The molecule has 0 bridgehead atoms. The Morgan fingerprint density at radius 1 is 0.875 bits per heavy atom. The quantitative estimate of drug-likeness (QED) is 0.649. The predicted octanol–water partition coefficient (Wildman–Crippen LogP) is 2.99. The van der Waals surface area contributed by atoms with E-state index in [4.69, 9.17) is 4.74 Å². The van der Waals surface area contributed by atoms with E-state index in [-0.39, 0.29) is 11.7 Å². The highest BCUT2D eigenvalue weighted by atomic mass is 32.2. The van der Waals surface area contributed by atoms with E-state index < -0.39 is 10.0 Å². The van der Waals surface area contributed by atoms with Crippen molar-refractivity contribution in [3.63, 3.8) is 0 Å². The van der Waals surface area contributed by atoms with Gasteiger partial charge in [-0.2, -0.15) is 0 Å². The number of nitrogens with zero attached hydrogens (tertiary/aromatic N) is 3. The van der Waals surface area contributed by atoms with Crippen molar-refractivity contribution < 1.29 is 17.9 Å². The molecule has 2 saturated heterocycles. The number of hydrogen-bond acceptors (Lipinski definition) is 5. The van der Waals surface area contributed by atoms with Crippen molar-refractivity contribution in [2.24, 2.45) is 0 Å². The van der Waals surface area contributed by atoms with Gasteiger partial charge in [0.15, 0.2) is 0 Å². The molecule has 1 amide bonds. The summed E-state index contributed by atoms with van der Waals surface area (Å²) in [5.41, 5.74) is 2.68. The van der Waals surface area contributed by atoms with Crippen LogP contribution in [0.4, 0.5) is 11.4 Å². The summed E-state index contributed by atoms with van der Waals surface area (Å²) in [5, 5.41) is 0. The second-order valence-corrected chi connectivity index (χ2v) is 10.0. The van der Waals surface area contributed by atoms with E-state index in [0.29, 0.717) is 25.2 Å². The van der Waals surface area contributed by atoms with Gasteiger partial charge in [0.2, 0.25) is 15.9 Å². The highest BCUT2D eigenvalue weighted by molar-refractivity contribution is 7.93. The molecular formula is C24H29N3O4S. The third-order valence-electron chi connectivity index (χ3n) is 5.94. The molecular weight excluding hydrogens is 426 g/mol. The minimum absolute atomic E-state index is 0.00669. The van der Waals surface area contributed by atoms with E-state index in [1.807, 2.05) is 41.3 Å². The number of anilines is 2. The lowest BCUT2D eigenvalue weighted by Gasteiger charge is -2.23. The maximum Gasteiger partial charge on any atom is 0.246 e. The first-order chi connectivity index (χ1) is 15.5. The molecule has 0 spiro atoms.